The van der Waals surface area contributed by atoms with E-state index in [4.69, 9.17) is 12.8 Å². The Morgan fingerprint density at radius 2 is 0.912 bits per heavy atom. The molecule has 0 saturated heterocycles. The second-order valence-corrected chi connectivity index (χ2v) is 26.3. The summed E-state index contributed by atoms with van der Waals surface area (Å²) in [5, 5.41) is 0. The fourth-order valence-corrected chi connectivity index (χ4v) is 13.6. The van der Waals surface area contributed by atoms with Crippen molar-refractivity contribution in [1.29, 1.82) is 0 Å². The number of nitrogens with zero attached hydrogens (tertiary/aromatic N) is 1. The minimum atomic E-state index is -0.0752. The molecule has 0 radical (unpaired) electrons. The van der Waals surface area contributed by atoms with Crippen molar-refractivity contribution in [3.8, 4) is 43.8 Å². The molecule has 2 nitrogen and oxygen atoms in total. The summed E-state index contributed by atoms with van der Waals surface area (Å²) in [6.07, 6.45) is 23.9. The number of thiophene rings is 2. The molecule has 68 heavy (non-hydrogen) atoms. The van der Waals surface area contributed by atoms with Crippen LogP contribution in [0.25, 0.3) is 32.0 Å². The van der Waals surface area contributed by atoms with Gasteiger partial charge >= 0.3 is 21.1 Å². The smallest absolute Gasteiger partial charge is 0.366 e. The van der Waals surface area contributed by atoms with Crippen molar-refractivity contribution in [3.63, 3.8) is 0 Å². The Balaban J connectivity index is 0.000000243. The molecular formula is C61H65NOP2PtS2. The minimum absolute atomic E-state index is 0. The molecule has 2 aliphatic carbocycles. The molecule has 2 aliphatic rings. The van der Waals surface area contributed by atoms with E-state index in [-0.39, 0.29) is 31.9 Å². The van der Waals surface area contributed by atoms with Gasteiger partial charge in [-0.05, 0) is 118 Å². The van der Waals surface area contributed by atoms with Gasteiger partial charge in [0.2, 0.25) is 0 Å². The Labute approximate surface area is 434 Å². The molecule has 0 bridgehead atoms. The molecule has 5 aromatic carbocycles. The van der Waals surface area contributed by atoms with Crippen molar-refractivity contribution < 1.29 is 25.9 Å². The van der Waals surface area contributed by atoms with Gasteiger partial charge in [0.1, 0.15) is 0 Å². The number of rotatable bonds is 11. The summed E-state index contributed by atoms with van der Waals surface area (Å²) < 4.78 is 0. The van der Waals surface area contributed by atoms with Crippen LogP contribution in [0.15, 0.2) is 133 Å². The van der Waals surface area contributed by atoms with Crippen LogP contribution in [0.5, 0.6) is 0 Å². The van der Waals surface area contributed by atoms with E-state index in [9.17, 15) is 4.79 Å². The van der Waals surface area contributed by atoms with Crippen LogP contribution in [-0.2, 0) is 31.9 Å². The summed E-state index contributed by atoms with van der Waals surface area (Å²) in [5.74, 6) is 4.86. The fraction of sp³-hybridized carbons (Fsp3) is 0.295. The number of carbonyl (C=O) groups is 1. The molecule has 2 heterocycles. The van der Waals surface area contributed by atoms with Gasteiger partial charge in [0.15, 0.2) is 6.29 Å². The fourth-order valence-electron chi connectivity index (χ4n) is 9.23. The Kier molecular flexibility index (Phi) is 20.0. The van der Waals surface area contributed by atoms with E-state index >= 15 is 0 Å². The summed E-state index contributed by atoms with van der Waals surface area (Å²) >= 11 is 2.97. The topological polar surface area (TPSA) is 20.3 Å². The average molecular weight is 1150 g/mol. The molecule has 0 saturated carbocycles. The van der Waals surface area contributed by atoms with Gasteiger partial charge < -0.3 is 17.7 Å². The van der Waals surface area contributed by atoms with E-state index in [1.54, 1.807) is 6.07 Å². The first-order valence-electron chi connectivity index (χ1n) is 23.7. The van der Waals surface area contributed by atoms with Crippen molar-refractivity contribution in [2.45, 2.75) is 80.1 Å². The van der Waals surface area contributed by atoms with E-state index in [0.717, 1.165) is 48.4 Å². The molecule has 0 fully saturated rings. The molecule has 0 amide bonds. The van der Waals surface area contributed by atoms with Crippen LogP contribution in [0.1, 0.15) is 112 Å². The Morgan fingerprint density at radius 1 is 0.500 bits per heavy atom. The maximum atomic E-state index is 10.5. The van der Waals surface area contributed by atoms with Crippen molar-refractivity contribution in [2.24, 2.45) is 0 Å². The van der Waals surface area contributed by atoms with Gasteiger partial charge in [-0.2, -0.15) is 0 Å². The molecule has 7 aromatic rings. The molecule has 0 atom stereocenters. The Morgan fingerprint density at radius 3 is 1.29 bits per heavy atom. The third-order valence-electron chi connectivity index (χ3n) is 13.3. The summed E-state index contributed by atoms with van der Waals surface area (Å²) in [6, 6.07) is 47.1. The zero-order valence-electron chi connectivity index (χ0n) is 41.4. The van der Waals surface area contributed by atoms with Crippen molar-refractivity contribution in [1.82, 2.24) is 0 Å². The van der Waals surface area contributed by atoms with E-state index < -0.39 is 0 Å². The first kappa shape index (κ1) is 54.6. The number of aldehydes is 1. The SMILES string of the molecule is CCP(CC)CC.CCP(CC)CC.[C-]#Cc1ccc(-c2ccc(C=O)s2)s1.[C-]#Cc1ccc(N(c2ccc3c(c2)C(C)(C)c2ccccc2-3)c2ccc3c(c2)C(C)(C)c2ccccc2-3)cc1.[Pt+2]. The van der Waals surface area contributed by atoms with Gasteiger partial charge in [-0.25, -0.2) is 11.3 Å². The summed E-state index contributed by atoms with van der Waals surface area (Å²) in [6.45, 7) is 23.1. The summed E-state index contributed by atoms with van der Waals surface area (Å²) in [4.78, 5) is 16.5. The molecule has 0 aliphatic heterocycles. The minimum Gasteiger partial charge on any atom is -0.366 e. The predicted molar refractivity (Wildman–Crippen MR) is 299 cm³/mol. The number of anilines is 3. The zero-order valence-corrected chi connectivity index (χ0v) is 47.1. The maximum Gasteiger partial charge on any atom is 2.00 e. The van der Waals surface area contributed by atoms with E-state index in [1.165, 1.54) is 104 Å². The molecule has 352 valence electrons. The van der Waals surface area contributed by atoms with Gasteiger partial charge in [-0.1, -0.05) is 153 Å². The molecular weight excluding hydrogens is 1080 g/mol. The molecule has 9 rings (SSSR count). The van der Waals surface area contributed by atoms with Crippen LogP contribution in [-0.4, -0.2) is 43.3 Å². The monoisotopic (exact) mass is 1150 g/mol. The van der Waals surface area contributed by atoms with E-state index in [0.29, 0.717) is 15.8 Å². The maximum absolute atomic E-state index is 10.5. The second kappa shape index (κ2) is 25.0. The van der Waals surface area contributed by atoms with Crippen LogP contribution in [0.3, 0.4) is 0 Å². The summed E-state index contributed by atoms with van der Waals surface area (Å²) in [7, 11) is 0.892. The van der Waals surface area contributed by atoms with Crippen molar-refractivity contribution >= 4 is 61.9 Å². The normalized spacial score (nSPS) is 12.7. The first-order valence-corrected chi connectivity index (χ1v) is 29.1. The van der Waals surface area contributed by atoms with Gasteiger partial charge in [-0.15, -0.1) is 50.9 Å². The molecule has 0 spiro atoms. The van der Waals surface area contributed by atoms with Gasteiger partial charge in [-0.3, -0.25) is 16.6 Å². The van der Waals surface area contributed by atoms with Gasteiger partial charge in [0, 0.05) is 37.6 Å². The molecule has 7 heteroatoms. The zero-order chi connectivity index (χ0) is 48.3. The van der Waals surface area contributed by atoms with Crippen LogP contribution >= 0.6 is 38.5 Å². The quantitative estimate of drug-likeness (QED) is 0.0557. The number of hydrogen-bond donors (Lipinski definition) is 0. The second-order valence-electron chi connectivity index (χ2n) is 17.7. The number of fused-ring (bicyclic) bond motifs is 6. The molecule has 0 N–H and O–H groups in total. The number of benzene rings is 5. The van der Waals surface area contributed by atoms with E-state index in [2.05, 4.69) is 183 Å². The van der Waals surface area contributed by atoms with Gasteiger partial charge in [0.25, 0.3) is 0 Å². The van der Waals surface area contributed by atoms with Crippen molar-refractivity contribution in [2.75, 3.05) is 41.9 Å². The number of carbonyl (C=O) groups excluding carboxylic acids is 1. The van der Waals surface area contributed by atoms with Crippen LogP contribution < -0.4 is 4.90 Å². The van der Waals surface area contributed by atoms with Crippen LogP contribution in [0.2, 0.25) is 0 Å². The van der Waals surface area contributed by atoms with Crippen molar-refractivity contribution in [3.05, 3.63) is 184 Å². The van der Waals surface area contributed by atoms with Crippen LogP contribution in [0.4, 0.5) is 17.1 Å². The van der Waals surface area contributed by atoms with Crippen LogP contribution in [0, 0.1) is 24.7 Å². The third-order valence-corrected chi connectivity index (χ3v) is 20.9. The number of hydrogen-bond acceptors (Lipinski definition) is 4. The third kappa shape index (κ3) is 12.0. The van der Waals surface area contributed by atoms with E-state index in [1.807, 2.05) is 30.3 Å². The average Bonchev–Trinajstić information content (AvgIpc) is 4.15. The largest absolute Gasteiger partial charge is 2.00 e. The standard InChI is InChI=1S/C38H30N.C11H5OS2.2C6H15P.Pt/c1-6-25-15-17-26(18-16-25)39(27-19-21-31-29-11-7-9-13-33(29)37(2,3)35(31)23-27)28-20-22-32-30-12-8-10-14-34(30)38(4,5)36(32)24-28;1-2-8-3-5-10(13-8)11-6-4-9(7-12)14-11;2*1-4-7(5-2)6-3;/h7-24H,2-5H3;3-7H;2*4-6H2,1-3H3;/q2*-1;;;+2. The molecule has 2 aromatic heterocycles. The Bertz CT molecular complexity index is 2720. The predicted octanol–water partition coefficient (Wildman–Crippen LogP) is 18.0. The molecule has 0 unspecified atom stereocenters. The summed E-state index contributed by atoms with van der Waals surface area (Å²) in [5.41, 5.74) is 14.7. The Hall–Kier alpha value is -4.36. The first-order chi connectivity index (χ1) is 32.3. The van der Waals surface area contributed by atoms with Gasteiger partial charge in [0.05, 0.1) is 4.88 Å².